The van der Waals surface area contributed by atoms with Crippen LogP contribution in [0.15, 0.2) is 18.2 Å². The first-order chi connectivity index (χ1) is 8.24. The molecule has 1 unspecified atom stereocenters. The topological polar surface area (TPSA) is 52.6 Å². The number of aliphatic hydroxyl groups excluding tert-OH is 1. The minimum atomic E-state index is -0.352. The van der Waals surface area contributed by atoms with E-state index in [1.54, 1.807) is 4.90 Å². The largest absolute Gasteiger partial charge is 0.391 e. The van der Waals surface area contributed by atoms with Crippen molar-refractivity contribution in [2.75, 3.05) is 13.1 Å². The van der Waals surface area contributed by atoms with Gasteiger partial charge in [-0.25, -0.2) is 0 Å². The standard InChI is InChI=1S/C13H16N2O2/c16-12-3-4-15(8-12)13(17)9-1-2-10-6-14-7-11(10)5-9/h1-2,5,12,14,16H,3-4,6-8H2. The number of likely N-dealkylation sites (tertiary alicyclic amines) is 1. The van der Waals surface area contributed by atoms with Crippen LogP contribution >= 0.6 is 0 Å². The van der Waals surface area contributed by atoms with Crippen LogP contribution in [-0.2, 0) is 13.1 Å². The Morgan fingerprint density at radius 2 is 2.18 bits per heavy atom. The molecule has 0 aromatic heterocycles. The number of nitrogens with one attached hydrogen (secondary N) is 1. The third-order valence-corrected chi connectivity index (χ3v) is 3.53. The van der Waals surface area contributed by atoms with Crippen molar-refractivity contribution in [3.8, 4) is 0 Å². The highest BCUT2D eigenvalue weighted by Gasteiger charge is 2.25. The van der Waals surface area contributed by atoms with Gasteiger partial charge in [0, 0.05) is 31.7 Å². The Hall–Kier alpha value is -1.39. The third kappa shape index (κ3) is 1.94. The Bertz CT molecular complexity index is 459. The van der Waals surface area contributed by atoms with Crippen LogP contribution in [0.4, 0.5) is 0 Å². The molecule has 0 bridgehead atoms. The fourth-order valence-electron chi connectivity index (χ4n) is 2.54. The molecule has 1 atom stereocenters. The number of hydrogen-bond donors (Lipinski definition) is 2. The first-order valence-electron chi connectivity index (χ1n) is 6.04. The fraction of sp³-hybridized carbons (Fsp3) is 0.462. The van der Waals surface area contributed by atoms with Crippen LogP contribution < -0.4 is 5.32 Å². The van der Waals surface area contributed by atoms with Gasteiger partial charge in [0.25, 0.3) is 5.91 Å². The second kappa shape index (κ2) is 4.13. The predicted octanol–water partition coefficient (Wildman–Crippen LogP) is 0.497. The van der Waals surface area contributed by atoms with E-state index in [1.807, 2.05) is 18.2 Å². The normalized spacial score (nSPS) is 22.9. The number of fused-ring (bicyclic) bond motifs is 1. The molecule has 0 spiro atoms. The molecule has 1 amide bonds. The maximum Gasteiger partial charge on any atom is 0.253 e. The minimum Gasteiger partial charge on any atom is -0.391 e. The SMILES string of the molecule is O=C(c1ccc2c(c1)CNC2)N1CCC(O)C1. The van der Waals surface area contributed by atoms with Gasteiger partial charge in [0.2, 0.25) is 0 Å². The summed E-state index contributed by atoms with van der Waals surface area (Å²) in [4.78, 5) is 13.9. The number of aliphatic hydroxyl groups is 1. The minimum absolute atomic E-state index is 0.0382. The molecule has 4 nitrogen and oxygen atoms in total. The molecular weight excluding hydrogens is 216 g/mol. The van der Waals surface area contributed by atoms with Crippen molar-refractivity contribution >= 4 is 5.91 Å². The Kier molecular flexibility index (Phi) is 2.61. The molecule has 0 radical (unpaired) electrons. The van der Waals surface area contributed by atoms with E-state index in [4.69, 9.17) is 0 Å². The van der Waals surface area contributed by atoms with E-state index in [0.29, 0.717) is 19.5 Å². The van der Waals surface area contributed by atoms with Crippen LogP contribution in [0.25, 0.3) is 0 Å². The highest BCUT2D eigenvalue weighted by atomic mass is 16.3. The van der Waals surface area contributed by atoms with E-state index in [9.17, 15) is 9.90 Å². The zero-order valence-corrected chi connectivity index (χ0v) is 9.65. The molecule has 1 aromatic carbocycles. The monoisotopic (exact) mass is 232 g/mol. The Morgan fingerprint density at radius 3 is 2.94 bits per heavy atom. The average molecular weight is 232 g/mol. The van der Waals surface area contributed by atoms with E-state index >= 15 is 0 Å². The maximum atomic E-state index is 12.2. The number of hydrogen-bond acceptors (Lipinski definition) is 3. The Balaban J connectivity index is 1.82. The summed E-state index contributed by atoms with van der Waals surface area (Å²) in [5, 5.41) is 12.7. The van der Waals surface area contributed by atoms with Gasteiger partial charge in [-0.15, -0.1) is 0 Å². The molecule has 4 heteroatoms. The van der Waals surface area contributed by atoms with Gasteiger partial charge in [-0.3, -0.25) is 4.79 Å². The van der Waals surface area contributed by atoms with Gasteiger partial charge in [0.15, 0.2) is 0 Å². The quantitative estimate of drug-likeness (QED) is 0.741. The molecule has 2 heterocycles. The van der Waals surface area contributed by atoms with Gasteiger partial charge in [-0.2, -0.15) is 0 Å². The van der Waals surface area contributed by atoms with Crippen LogP contribution in [0.5, 0.6) is 0 Å². The molecule has 0 saturated carbocycles. The van der Waals surface area contributed by atoms with E-state index in [1.165, 1.54) is 11.1 Å². The van der Waals surface area contributed by atoms with Crippen molar-refractivity contribution in [2.45, 2.75) is 25.6 Å². The van der Waals surface area contributed by atoms with E-state index in [0.717, 1.165) is 18.7 Å². The average Bonchev–Trinajstić information content (AvgIpc) is 2.95. The van der Waals surface area contributed by atoms with Gasteiger partial charge in [-0.05, 0) is 29.7 Å². The number of benzene rings is 1. The van der Waals surface area contributed by atoms with Crippen LogP contribution in [-0.4, -0.2) is 35.1 Å². The lowest BCUT2D eigenvalue weighted by Gasteiger charge is -2.16. The van der Waals surface area contributed by atoms with Gasteiger partial charge in [-0.1, -0.05) is 6.07 Å². The van der Waals surface area contributed by atoms with Gasteiger partial charge in [0.05, 0.1) is 6.10 Å². The molecule has 2 N–H and O–H groups in total. The summed E-state index contributed by atoms with van der Waals surface area (Å²) >= 11 is 0. The highest BCUT2D eigenvalue weighted by molar-refractivity contribution is 5.94. The summed E-state index contributed by atoms with van der Waals surface area (Å²) in [6.07, 6.45) is 0.341. The summed E-state index contributed by atoms with van der Waals surface area (Å²) < 4.78 is 0. The number of nitrogens with zero attached hydrogens (tertiary/aromatic N) is 1. The summed E-state index contributed by atoms with van der Waals surface area (Å²) in [5.41, 5.74) is 3.24. The smallest absolute Gasteiger partial charge is 0.253 e. The zero-order chi connectivity index (χ0) is 11.8. The first-order valence-corrected chi connectivity index (χ1v) is 6.04. The molecule has 1 fully saturated rings. The molecule has 0 aliphatic carbocycles. The van der Waals surface area contributed by atoms with Crippen molar-refractivity contribution in [1.82, 2.24) is 10.2 Å². The summed E-state index contributed by atoms with van der Waals surface area (Å²) in [6.45, 7) is 2.87. The molecular formula is C13H16N2O2. The van der Waals surface area contributed by atoms with Crippen LogP contribution in [0.2, 0.25) is 0 Å². The van der Waals surface area contributed by atoms with Crippen LogP contribution in [0, 0.1) is 0 Å². The molecule has 3 rings (SSSR count). The lowest BCUT2D eigenvalue weighted by molar-refractivity contribution is 0.0765. The van der Waals surface area contributed by atoms with Gasteiger partial charge < -0.3 is 15.3 Å². The van der Waals surface area contributed by atoms with Crippen LogP contribution in [0.1, 0.15) is 27.9 Å². The van der Waals surface area contributed by atoms with Crippen molar-refractivity contribution in [3.63, 3.8) is 0 Å². The lowest BCUT2D eigenvalue weighted by Crippen LogP contribution is -2.29. The molecule has 17 heavy (non-hydrogen) atoms. The summed E-state index contributed by atoms with van der Waals surface area (Å²) in [5.74, 6) is 0.0382. The molecule has 1 saturated heterocycles. The molecule has 90 valence electrons. The van der Waals surface area contributed by atoms with E-state index in [-0.39, 0.29) is 12.0 Å². The lowest BCUT2D eigenvalue weighted by atomic mass is 10.1. The number of carbonyl (C=O) groups excluding carboxylic acids is 1. The number of β-amino-alcohol motifs (C(OH)–C–C–N with tert-alkyl or cyclic N) is 1. The van der Waals surface area contributed by atoms with Crippen molar-refractivity contribution < 1.29 is 9.90 Å². The number of amides is 1. The summed E-state index contributed by atoms with van der Waals surface area (Å²) in [6, 6.07) is 5.89. The maximum absolute atomic E-state index is 12.2. The zero-order valence-electron chi connectivity index (χ0n) is 9.65. The second-order valence-electron chi connectivity index (χ2n) is 4.78. The number of rotatable bonds is 1. The van der Waals surface area contributed by atoms with Crippen LogP contribution in [0.3, 0.4) is 0 Å². The first kappa shape index (κ1) is 10.7. The predicted molar refractivity (Wildman–Crippen MR) is 63.5 cm³/mol. The summed E-state index contributed by atoms with van der Waals surface area (Å²) in [7, 11) is 0. The van der Waals surface area contributed by atoms with Crippen molar-refractivity contribution in [1.29, 1.82) is 0 Å². The van der Waals surface area contributed by atoms with E-state index < -0.39 is 0 Å². The Labute approximate surface area is 100 Å². The second-order valence-corrected chi connectivity index (χ2v) is 4.78. The Morgan fingerprint density at radius 1 is 1.35 bits per heavy atom. The van der Waals surface area contributed by atoms with Crippen molar-refractivity contribution in [3.05, 3.63) is 34.9 Å². The molecule has 1 aromatic rings. The number of carbonyl (C=O) groups is 1. The molecule has 2 aliphatic rings. The third-order valence-electron chi connectivity index (χ3n) is 3.53. The fourth-order valence-corrected chi connectivity index (χ4v) is 2.54. The van der Waals surface area contributed by atoms with E-state index in [2.05, 4.69) is 5.32 Å². The highest BCUT2D eigenvalue weighted by Crippen LogP contribution is 2.19. The van der Waals surface area contributed by atoms with Gasteiger partial charge in [0.1, 0.15) is 0 Å². The molecule has 2 aliphatic heterocycles. The van der Waals surface area contributed by atoms with Crippen molar-refractivity contribution in [2.24, 2.45) is 0 Å². The van der Waals surface area contributed by atoms with Gasteiger partial charge >= 0.3 is 0 Å².